The summed E-state index contributed by atoms with van der Waals surface area (Å²) < 4.78 is 7.34. The zero-order valence-electron chi connectivity index (χ0n) is 18.6. The molecule has 1 amide bonds. The van der Waals surface area contributed by atoms with E-state index in [1.54, 1.807) is 0 Å². The van der Waals surface area contributed by atoms with E-state index in [-0.39, 0.29) is 5.91 Å². The average Bonchev–Trinajstić information content (AvgIpc) is 3.59. The number of fused-ring (bicyclic) bond motifs is 1. The van der Waals surface area contributed by atoms with Gasteiger partial charge in [0, 0.05) is 17.3 Å². The first-order valence-corrected chi connectivity index (χ1v) is 11.0. The first-order chi connectivity index (χ1) is 15.5. The molecule has 1 aliphatic carbocycles. The van der Waals surface area contributed by atoms with E-state index in [1.807, 2.05) is 61.0 Å². The van der Waals surface area contributed by atoms with Crippen molar-refractivity contribution < 1.29 is 9.53 Å². The third kappa shape index (κ3) is 3.84. The van der Waals surface area contributed by atoms with Gasteiger partial charge in [0.05, 0.1) is 28.9 Å². The Balaban J connectivity index is 1.57. The lowest BCUT2D eigenvalue weighted by atomic mass is 10.1. The number of nitrogens with one attached hydrogen (secondary N) is 1. The molecule has 0 atom stereocenters. The number of hydrogen-bond donors (Lipinski definition) is 1. The van der Waals surface area contributed by atoms with Crippen LogP contribution in [0.25, 0.3) is 16.7 Å². The molecule has 1 fully saturated rings. The second kappa shape index (κ2) is 8.11. The maximum Gasteiger partial charge on any atom is 0.256 e. The van der Waals surface area contributed by atoms with Gasteiger partial charge in [0.15, 0.2) is 5.65 Å². The van der Waals surface area contributed by atoms with Gasteiger partial charge < -0.3 is 10.1 Å². The second-order valence-corrected chi connectivity index (χ2v) is 8.31. The minimum Gasteiger partial charge on any atom is -0.494 e. The minimum absolute atomic E-state index is 0.157. The van der Waals surface area contributed by atoms with Gasteiger partial charge in [-0.15, -0.1) is 0 Å². The van der Waals surface area contributed by atoms with E-state index in [1.165, 1.54) is 5.56 Å². The van der Waals surface area contributed by atoms with E-state index in [2.05, 4.69) is 24.4 Å². The maximum absolute atomic E-state index is 13.4. The quantitative estimate of drug-likeness (QED) is 0.438. The molecule has 0 spiro atoms. The number of benzene rings is 2. The molecule has 0 radical (unpaired) electrons. The van der Waals surface area contributed by atoms with E-state index in [0.29, 0.717) is 18.1 Å². The van der Waals surface area contributed by atoms with Crippen LogP contribution in [0.1, 0.15) is 53.0 Å². The normalized spacial score (nSPS) is 13.3. The van der Waals surface area contributed by atoms with Crippen LogP contribution in [0.4, 0.5) is 5.69 Å². The Morgan fingerprint density at radius 2 is 1.81 bits per heavy atom. The number of carbonyl (C=O) groups excluding carboxylic acids is 1. The molecule has 1 saturated carbocycles. The van der Waals surface area contributed by atoms with Gasteiger partial charge in [-0.3, -0.25) is 4.79 Å². The number of aryl methyl sites for hydroxylation is 2. The number of rotatable bonds is 6. The lowest BCUT2D eigenvalue weighted by Gasteiger charge is -2.10. The highest BCUT2D eigenvalue weighted by molar-refractivity contribution is 6.12. The molecule has 1 aliphatic rings. The van der Waals surface area contributed by atoms with Crippen molar-refractivity contribution in [3.63, 3.8) is 0 Å². The van der Waals surface area contributed by atoms with Gasteiger partial charge in [-0.05, 0) is 76.1 Å². The number of carbonyl (C=O) groups is 1. The van der Waals surface area contributed by atoms with Crippen LogP contribution >= 0.6 is 0 Å². The molecule has 4 aromatic rings. The molecule has 1 N–H and O–H groups in total. The molecule has 162 valence electrons. The van der Waals surface area contributed by atoms with Gasteiger partial charge in [-0.25, -0.2) is 9.67 Å². The number of ether oxygens (including phenoxy) is 1. The first-order valence-electron chi connectivity index (χ1n) is 11.0. The Kier molecular flexibility index (Phi) is 5.13. The Morgan fingerprint density at radius 3 is 2.47 bits per heavy atom. The van der Waals surface area contributed by atoms with Crippen molar-refractivity contribution in [1.82, 2.24) is 14.8 Å². The Labute approximate surface area is 187 Å². The van der Waals surface area contributed by atoms with Crippen LogP contribution in [0.5, 0.6) is 5.75 Å². The minimum atomic E-state index is -0.157. The van der Waals surface area contributed by atoms with Crippen LogP contribution in [-0.4, -0.2) is 27.3 Å². The second-order valence-electron chi connectivity index (χ2n) is 8.31. The predicted octanol–water partition coefficient (Wildman–Crippen LogP) is 5.57. The summed E-state index contributed by atoms with van der Waals surface area (Å²) in [5, 5.41) is 8.57. The Morgan fingerprint density at radius 1 is 1.09 bits per heavy atom. The van der Waals surface area contributed by atoms with E-state index in [0.717, 1.165) is 52.4 Å². The summed E-state index contributed by atoms with van der Waals surface area (Å²) >= 11 is 0. The van der Waals surface area contributed by atoms with Crippen molar-refractivity contribution in [2.45, 2.75) is 39.5 Å². The van der Waals surface area contributed by atoms with Crippen LogP contribution < -0.4 is 10.1 Å². The van der Waals surface area contributed by atoms with Crippen molar-refractivity contribution in [2.75, 3.05) is 11.9 Å². The van der Waals surface area contributed by atoms with Crippen LogP contribution in [-0.2, 0) is 0 Å². The fourth-order valence-corrected chi connectivity index (χ4v) is 3.94. The van der Waals surface area contributed by atoms with Crippen LogP contribution in [0.15, 0.2) is 54.6 Å². The van der Waals surface area contributed by atoms with Crippen LogP contribution in [0.2, 0.25) is 0 Å². The van der Waals surface area contributed by atoms with Gasteiger partial charge >= 0.3 is 0 Å². The van der Waals surface area contributed by atoms with Crippen molar-refractivity contribution in [3.05, 3.63) is 77.1 Å². The average molecular weight is 427 g/mol. The molecule has 6 heteroatoms. The highest BCUT2D eigenvalue weighted by Gasteiger charge is 2.29. The van der Waals surface area contributed by atoms with Crippen molar-refractivity contribution in [3.8, 4) is 11.4 Å². The highest BCUT2D eigenvalue weighted by Crippen LogP contribution is 2.41. The number of hydrogen-bond acceptors (Lipinski definition) is 4. The number of anilines is 1. The van der Waals surface area contributed by atoms with Gasteiger partial charge in [0.25, 0.3) is 5.91 Å². The topological polar surface area (TPSA) is 69.0 Å². The van der Waals surface area contributed by atoms with Gasteiger partial charge in [0.2, 0.25) is 0 Å². The van der Waals surface area contributed by atoms with Crippen LogP contribution in [0, 0.1) is 13.8 Å². The molecule has 2 heterocycles. The van der Waals surface area contributed by atoms with Gasteiger partial charge in [-0.1, -0.05) is 17.7 Å². The highest BCUT2D eigenvalue weighted by atomic mass is 16.5. The largest absolute Gasteiger partial charge is 0.494 e. The third-order valence-corrected chi connectivity index (χ3v) is 5.77. The molecule has 6 nitrogen and oxygen atoms in total. The van der Waals surface area contributed by atoms with E-state index < -0.39 is 0 Å². The number of pyridine rings is 1. The number of amides is 1. The van der Waals surface area contributed by atoms with E-state index in [4.69, 9.17) is 14.8 Å². The van der Waals surface area contributed by atoms with Crippen molar-refractivity contribution in [1.29, 1.82) is 0 Å². The van der Waals surface area contributed by atoms with Crippen molar-refractivity contribution >= 4 is 22.6 Å². The molecule has 0 aliphatic heterocycles. The van der Waals surface area contributed by atoms with E-state index in [9.17, 15) is 4.79 Å². The van der Waals surface area contributed by atoms with Gasteiger partial charge in [-0.2, -0.15) is 5.10 Å². The molecular weight excluding hydrogens is 400 g/mol. The number of aromatic nitrogens is 3. The van der Waals surface area contributed by atoms with E-state index >= 15 is 0 Å². The molecular formula is C26H26N4O2. The first kappa shape index (κ1) is 20.2. The van der Waals surface area contributed by atoms with Crippen LogP contribution in [0.3, 0.4) is 0 Å². The summed E-state index contributed by atoms with van der Waals surface area (Å²) in [6, 6.07) is 17.5. The Bertz CT molecular complexity index is 1290. The molecule has 32 heavy (non-hydrogen) atoms. The summed E-state index contributed by atoms with van der Waals surface area (Å²) in [6.45, 7) is 6.54. The third-order valence-electron chi connectivity index (χ3n) is 5.77. The fraction of sp³-hybridized carbons (Fsp3) is 0.269. The zero-order valence-corrected chi connectivity index (χ0v) is 18.6. The summed E-state index contributed by atoms with van der Waals surface area (Å²) in [4.78, 5) is 18.3. The lowest BCUT2D eigenvalue weighted by molar-refractivity contribution is 0.102. The SMILES string of the molecule is CCOc1ccc(NC(=O)c2cc(C3CC3)nc3c2c(C)nn3-c2ccc(C)cc2)cc1. The number of nitrogens with zero attached hydrogens (tertiary/aromatic N) is 3. The standard InChI is InChI=1S/C26H26N4O2/c1-4-32-21-13-9-19(10-14-21)27-26(31)22-15-23(18-7-8-18)28-25-24(22)17(3)29-30(25)20-11-5-16(2)6-12-20/h5-6,9-15,18H,4,7-8H2,1-3H3,(H,27,31). The zero-order chi connectivity index (χ0) is 22.2. The Hall–Kier alpha value is -3.67. The molecule has 2 aromatic carbocycles. The monoisotopic (exact) mass is 426 g/mol. The summed E-state index contributed by atoms with van der Waals surface area (Å²) in [5.74, 6) is 1.04. The molecule has 2 aromatic heterocycles. The smallest absolute Gasteiger partial charge is 0.256 e. The maximum atomic E-state index is 13.4. The molecule has 0 bridgehead atoms. The predicted molar refractivity (Wildman–Crippen MR) is 126 cm³/mol. The molecule has 0 saturated heterocycles. The summed E-state index contributed by atoms with van der Waals surface area (Å²) in [6.07, 6.45) is 2.21. The molecule has 0 unspecified atom stereocenters. The fourth-order valence-electron chi connectivity index (χ4n) is 3.94. The summed E-state index contributed by atoms with van der Waals surface area (Å²) in [5.41, 5.74) is 5.93. The van der Waals surface area contributed by atoms with Crippen molar-refractivity contribution in [2.24, 2.45) is 0 Å². The summed E-state index contributed by atoms with van der Waals surface area (Å²) in [7, 11) is 0. The van der Waals surface area contributed by atoms with Gasteiger partial charge in [0.1, 0.15) is 5.75 Å². The lowest BCUT2D eigenvalue weighted by Crippen LogP contribution is -2.13. The molecule has 5 rings (SSSR count).